The molecule has 6 nitrogen and oxygen atoms in total. The Balaban J connectivity index is 2.37. The Labute approximate surface area is 112 Å². The van der Waals surface area contributed by atoms with Crippen LogP contribution < -0.4 is 10.6 Å². The van der Waals surface area contributed by atoms with E-state index in [1.54, 1.807) is 10.6 Å². The van der Waals surface area contributed by atoms with Crippen molar-refractivity contribution in [1.82, 2.24) is 15.5 Å². The zero-order valence-electron chi connectivity index (χ0n) is 10.7. The van der Waals surface area contributed by atoms with Gasteiger partial charge in [0, 0.05) is 13.0 Å². The van der Waals surface area contributed by atoms with Gasteiger partial charge in [0.05, 0.1) is 0 Å². The molecule has 2 fully saturated rings. The smallest absolute Gasteiger partial charge is 0.318 e. The van der Waals surface area contributed by atoms with Crippen LogP contribution in [0.3, 0.4) is 0 Å². The van der Waals surface area contributed by atoms with E-state index in [4.69, 9.17) is 0 Å². The normalized spacial score (nSPS) is 27.9. The molecular formula is C11H14F3N3O3. The van der Waals surface area contributed by atoms with E-state index in [1.165, 1.54) is 0 Å². The molecule has 1 unspecified atom stereocenters. The van der Waals surface area contributed by atoms with Crippen molar-refractivity contribution >= 4 is 17.8 Å². The Morgan fingerprint density at radius 1 is 1.35 bits per heavy atom. The van der Waals surface area contributed by atoms with Gasteiger partial charge in [-0.25, -0.2) is 4.79 Å². The monoisotopic (exact) mass is 293 g/mol. The van der Waals surface area contributed by atoms with E-state index in [9.17, 15) is 27.6 Å². The third-order valence-corrected chi connectivity index (χ3v) is 3.53. The summed E-state index contributed by atoms with van der Waals surface area (Å²) >= 11 is 0. The molecule has 20 heavy (non-hydrogen) atoms. The van der Waals surface area contributed by atoms with Gasteiger partial charge in [0.25, 0.3) is 11.6 Å². The number of rotatable bonds is 2. The molecule has 0 bridgehead atoms. The molecular weight excluding hydrogens is 279 g/mol. The number of imide groups is 1. The Morgan fingerprint density at radius 2 is 1.90 bits per heavy atom. The number of carbonyl (C=O) groups is 3. The highest BCUT2D eigenvalue weighted by Gasteiger charge is 2.69. The van der Waals surface area contributed by atoms with Crippen molar-refractivity contribution < 1.29 is 27.6 Å². The molecule has 1 saturated carbocycles. The predicted molar refractivity (Wildman–Crippen MR) is 60.2 cm³/mol. The van der Waals surface area contributed by atoms with Crippen LogP contribution >= 0.6 is 0 Å². The highest BCUT2D eigenvalue weighted by atomic mass is 19.4. The summed E-state index contributed by atoms with van der Waals surface area (Å²) in [5, 5.41) is 3.14. The van der Waals surface area contributed by atoms with Gasteiger partial charge in [0.1, 0.15) is 0 Å². The van der Waals surface area contributed by atoms with Crippen molar-refractivity contribution in [3.05, 3.63) is 0 Å². The van der Waals surface area contributed by atoms with Gasteiger partial charge in [-0.1, -0.05) is 12.8 Å². The molecule has 9 heteroatoms. The largest absolute Gasteiger partial charge is 0.440 e. The molecule has 0 aromatic carbocycles. The minimum atomic E-state index is -5.11. The van der Waals surface area contributed by atoms with Crippen LogP contribution in [-0.2, 0) is 9.59 Å². The average molecular weight is 293 g/mol. The van der Waals surface area contributed by atoms with Gasteiger partial charge in [-0.05, 0) is 12.8 Å². The van der Waals surface area contributed by atoms with E-state index in [0.29, 0.717) is 17.7 Å². The first-order valence-electron chi connectivity index (χ1n) is 6.20. The van der Waals surface area contributed by atoms with E-state index in [0.717, 1.165) is 19.8 Å². The molecule has 1 saturated heterocycles. The van der Waals surface area contributed by atoms with Crippen LogP contribution in [0.15, 0.2) is 0 Å². The molecule has 0 aromatic rings. The standard InChI is InChI=1S/C11H14F3N3O3/c1-6(18)15-10(11(12,13)14)8(19)17(9(20)16-10)7-4-2-3-5-7/h7H,2-5H2,1H3,(H,15,18)(H,16,20). The summed E-state index contributed by atoms with van der Waals surface area (Å²) in [6, 6.07) is -1.66. The lowest BCUT2D eigenvalue weighted by molar-refractivity contribution is -0.204. The SMILES string of the molecule is CC(=O)NC1(C(F)(F)F)NC(=O)N(C2CCCC2)C1=O. The van der Waals surface area contributed by atoms with Crippen LogP contribution in [0.25, 0.3) is 0 Å². The molecule has 1 heterocycles. The predicted octanol–water partition coefficient (Wildman–Crippen LogP) is 0.876. The first-order chi connectivity index (χ1) is 9.19. The molecule has 112 valence electrons. The number of hydrogen-bond donors (Lipinski definition) is 2. The highest BCUT2D eigenvalue weighted by Crippen LogP contribution is 2.36. The van der Waals surface area contributed by atoms with E-state index in [2.05, 4.69) is 0 Å². The summed E-state index contributed by atoms with van der Waals surface area (Å²) in [4.78, 5) is 35.5. The fourth-order valence-corrected chi connectivity index (χ4v) is 2.65. The molecule has 0 aromatic heterocycles. The third kappa shape index (κ3) is 2.10. The van der Waals surface area contributed by atoms with Crippen LogP contribution in [0.4, 0.5) is 18.0 Å². The lowest BCUT2D eigenvalue weighted by Gasteiger charge is -2.30. The average Bonchev–Trinajstić information content (AvgIpc) is 2.85. The Hall–Kier alpha value is -1.80. The summed E-state index contributed by atoms with van der Waals surface area (Å²) < 4.78 is 39.6. The third-order valence-electron chi connectivity index (χ3n) is 3.53. The van der Waals surface area contributed by atoms with Crippen molar-refractivity contribution in [3.8, 4) is 0 Å². The van der Waals surface area contributed by atoms with Crippen molar-refractivity contribution in [2.45, 2.75) is 50.5 Å². The molecule has 1 aliphatic heterocycles. The van der Waals surface area contributed by atoms with Gasteiger partial charge in [-0.3, -0.25) is 19.8 Å². The van der Waals surface area contributed by atoms with Crippen molar-refractivity contribution in [2.24, 2.45) is 0 Å². The van der Waals surface area contributed by atoms with Crippen LogP contribution in [-0.4, -0.2) is 40.6 Å². The molecule has 4 amide bonds. The fourth-order valence-electron chi connectivity index (χ4n) is 2.65. The number of hydrogen-bond acceptors (Lipinski definition) is 3. The topological polar surface area (TPSA) is 78.5 Å². The zero-order chi connectivity index (χ0) is 15.1. The van der Waals surface area contributed by atoms with E-state index in [1.807, 2.05) is 0 Å². The number of carbonyl (C=O) groups excluding carboxylic acids is 3. The molecule has 2 aliphatic rings. The van der Waals surface area contributed by atoms with Gasteiger partial charge < -0.3 is 5.32 Å². The first-order valence-corrected chi connectivity index (χ1v) is 6.20. The zero-order valence-corrected chi connectivity index (χ0v) is 10.7. The highest BCUT2D eigenvalue weighted by molar-refractivity contribution is 6.09. The van der Waals surface area contributed by atoms with Gasteiger partial charge in [-0.2, -0.15) is 13.2 Å². The van der Waals surface area contributed by atoms with Crippen molar-refractivity contribution in [2.75, 3.05) is 0 Å². The Kier molecular flexibility index (Phi) is 3.39. The van der Waals surface area contributed by atoms with Gasteiger partial charge >= 0.3 is 12.2 Å². The quantitative estimate of drug-likeness (QED) is 0.742. The Bertz CT molecular complexity index is 460. The molecule has 1 aliphatic carbocycles. The van der Waals surface area contributed by atoms with Gasteiger partial charge in [0.2, 0.25) is 5.91 Å². The summed E-state index contributed by atoms with van der Waals surface area (Å²) in [6.07, 6.45) is -2.65. The maximum absolute atomic E-state index is 13.2. The summed E-state index contributed by atoms with van der Waals surface area (Å²) in [6.45, 7) is 0.852. The van der Waals surface area contributed by atoms with Crippen molar-refractivity contribution in [3.63, 3.8) is 0 Å². The van der Waals surface area contributed by atoms with Crippen LogP contribution in [0, 0.1) is 0 Å². The Morgan fingerprint density at radius 3 is 2.35 bits per heavy atom. The van der Waals surface area contributed by atoms with E-state index in [-0.39, 0.29) is 0 Å². The minimum absolute atomic E-state index is 0.479. The lowest BCUT2D eigenvalue weighted by atomic mass is 10.1. The minimum Gasteiger partial charge on any atom is -0.318 e. The van der Waals surface area contributed by atoms with Gasteiger partial charge in [-0.15, -0.1) is 0 Å². The number of urea groups is 1. The number of amides is 4. The van der Waals surface area contributed by atoms with Crippen LogP contribution in [0.2, 0.25) is 0 Å². The van der Waals surface area contributed by atoms with Crippen LogP contribution in [0.5, 0.6) is 0 Å². The van der Waals surface area contributed by atoms with Crippen molar-refractivity contribution in [1.29, 1.82) is 0 Å². The summed E-state index contributed by atoms with van der Waals surface area (Å²) in [5.74, 6) is -2.51. The number of nitrogens with one attached hydrogen (secondary N) is 2. The molecule has 2 N–H and O–H groups in total. The second kappa shape index (κ2) is 4.64. The maximum Gasteiger partial charge on any atom is 0.440 e. The maximum atomic E-state index is 13.2. The number of halogens is 3. The lowest BCUT2D eigenvalue weighted by Crippen LogP contribution is -2.69. The second-order valence-electron chi connectivity index (χ2n) is 4.97. The number of nitrogens with zero attached hydrogens (tertiary/aromatic N) is 1. The van der Waals surface area contributed by atoms with Crippen LogP contribution in [0.1, 0.15) is 32.6 Å². The molecule has 0 radical (unpaired) electrons. The second-order valence-corrected chi connectivity index (χ2v) is 4.97. The first kappa shape index (κ1) is 14.6. The van der Waals surface area contributed by atoms with E-state index < -0.39 is 35.7 Å². The van der Waals surface area contributed by atoms with Gasteiger partial charge in [0.15, 0.2) is 0 Å². The molecule has 1 atom stereocenters. The summed E-state index contributed by atoms with van der Waals surface area (Å²) in [7, 11) is 0. The number of alkyl halides is 3. The summed E-state index contributed by atoms with van der Waals surface area (Å²) in [5.41, 5.74) is -3.35. The fraction of sp³-hybridized carbons (Fsp3) is 0.727. The molecule has 2 rings (SSSR count). The molecule has 0 spiro atoms. The van der Waals surface area contributed by atoms with E-state index >= 15 is 0 Å².